The Labute approximate surface area is 192 Å². The SMILES string of the molecule is [CH2-]C.[CH2-]C(=O)c1ccc(-c2nc3ccc(C)cn3c2CC(=O)N(C)C)cc1.[Y]. The maximum atomic E-state index is 12.3. The summed E-state index contributed by atoms with van der Waals surface area (Å²) in [6.45, 7) is 10.4. The van der Waals surface area contributed by atoms with Gasteiger partial charge in [-0.2, -0.15) is 13.8 Å². The van der Waals surface area contributed by atoms with Gasteiger partial charge in [-0.25, -0.2) is 4.98 Å². The number of amides is 1. The Morgan fingerprint density at radius 3 is 2.21 bits per heavy atom. The fourth-order valence-corrected chi connectivity index (χ4v) is 2.71. The number of aryl methyl sites for hydroxylation is 1. The zero-order valence-corrected chi connectivity index (χ0v) is 19.7. The number of nitrogens with zero attached hydrogens (tertiary/aromatic N) is 3. The van der Waals surface area contributed by atoms with Crippen LogP contribution >= 0.6 is 0 Å². The van der Waals surface area contributed by atoms with Gasteiger partial charge in [-0.15, -0.1) is 17.7 Å². The Bertz CT molecular complexity index is 960. The zero-order valence-electron chi connectivity index (χ0n) is 16.9. The van der Waals surface area contributed by atoms with Crippen LogP contribution in [0.3, 0.4) is 0 Å². The second-order valence-electron chi connectivity index (χ2n) is 6.31. The molecule has 0 saturated carbocycles. The number of aromatic nitrogens is 2. The van der Waals surface area contributed by atoms with E-state index in [9.17, 15) is 9.59 Å². The molecule has 0 N–H and O–H groups in total. The Morgan fingerprint density at radius 1 is 1.07 bits per heavy atom. The molecule has 0 bridgehead atoms. The third-order valence-corrected chi connectivity index (χ3v) is 4.16. The fourth-order valence-electron chi connectivity index (χ4n) is 2.71. The van der Waals surface area contributed by atoms with Gasteiger partial charge in [0.1, 0.15) is 5.65 Å². The normalized spacial score (nSPS) is 9.89. The number of carbonyl (C=O) groups excluding carboxylic acids is 2. The molecular weight excluding hydrogens is 427 g/mol. The molecule has 3 aromatic rings. The van der Waals surface area contributed by atoms with E-state index in [-0.39, 0.29) is 50.8 Å². The molecule has 5 nitrogen and oxygen atoms in total. The first-order valence-electron chi connectivity index (χ1n) is 8.72. The molecule has 0 unspecified atom stereocenters. The number of rotatable bonds is 4. The average molecular weight is 452 g/mol. The van der Waals surface area contributed by atoms with Crippen LogP contribution in [-0.2, 0) is 43.9 Å². The Kier molecular flexibility index (Phi) is 9.05. The summed E-state index contributed by atoms with van der Waals surface area (Å²) in [4.78, 5) is 30.0. The minimum atomic E-state index is -0.222. The molecule has 0 aliphatic rings. The number of imidazole rings is 1. The molecule has 0 aliphatic heterocycles. The van der Waals surface area contributed by atoms with E-state index in [1.54, 1.807) is 38.1 Å². The summed E-state index contributed by atoms with van der Waals surface area (Å²) in [5, 5.41) is 0. The van der Waals surface area contributed by atoms with Crippen molar-refractivity contribution in [2.75, 3.05) is 14.1 Å². The van der Waals surface area contributed by atoms with Gasteiger partial charge in [-0.1, -0.05) is 18.2 Å². The summed E-state index contributed by atoms with van der Waals surface area (Å²) in [7, 11) is 3.48. The second kappa shape index (κ2) is 10.5. The van der Waals surface area contributed by atoms with Gasteiger partial charge in [-0.05, 0) is 24.1 Å². The average Bonchev–Trinajstić information content (AvgIpc) is 3.01. The molecule has 145 valence electrons. The van der Waals surface area contributed by atoms with Crippen LogP contribution in [0.4, 0.5) is 0 Å². The van der Waals surface area contributed by atoms with Crippen molar-refractivity contribution in [2.24, 2.45) is 0 Å². The molecule has 6 heteroatoms. The summed E-state index contributed by atoms with van der Waals surface area (Å²) in [5.41, 5.74) is 4.89. The molecule has 1 radical (unpaired) electrons. The Morgan fingerprint density at radius 2 is 1.68 bits per heavy atom. The van der Waals surface area contributed by atoms with E-state index < -0.39 is 0 Å². The number of carbonyl (C=O) groups is 2. The van der Waals surface area contributed by atoms with Crippen molar-refractivity contribution in [3.05, 3.63) is 73.3 Å². The predicted octanol–water partition coefficient (Wildman–Crippen LogP) is 3.80. The molecule has 0 aliphatic carbocycles. The number of ketones is 1. The smallest absolute Gasteiger partial charge is 0.228 e. The van der Waals surface area contributed by atoms with Crippen molar-refractivity contribution in [3.8, 4) is 11.3 Å². The number of fused-ring (bicyclic) bond motifs is 1. The van der Waals surface area contributed by atoms with E-state index >= 15 is 0 Å². The van der Waals surface area contributed by atoms with E-state index in [4.69, 9.17) is 4.98 Å². The first kappa shape index (κ1) is 24.1. The van der Waals surface area contributed by atoms with Crippen LogP contribution in [0.5, 0.6) is 0 Å². The minimum Gasteiger partial charge on any atom is -0.348 e. The van der Waals surface area contributed by atoms with E-state index in [0.29, 0.717) is 5.56 Å². The van der Waals surface area contributed by atoms with Crippen LogP contribution in [0.1, 0.15) is 28.5 Å². The largest absolute Gasteiger partial charge is 0.348 e. The van der Waals surface area contributed by atoms with Crippen molar-refractivity contribution in [1.82, 2.24) is 14.3 Å². The van der Waals surface area contributed by atoms with Crippen LogP contribution < -0.4 is 0 Å². The molecule has 2 aromatic heterocycles. The third kappa shape index (κ3) is 5.30. The molecule has 1 aromatic carbocycles. The number of pyridine rings is 1. The van der Waals surface area contributed by atoms with Crippen LogP contribution in [0.15, 0.2) is 42.6 Å². The van der Waals surface area contributed by atoms with Gasteiger partial charge in [0.25, 0.3) is 0 Å². The minimum absolute atomic E-state index is 0. The molecule has 28 heavy (non-hydrogen) atoms. The summed E-state index contributed by atoms with van der Waals surface area (Å²) in [5.74, 6) is -0.214. The van der Waals surface area contributed by atoms with Crippen LogP contribution in [0.2, 0.25) is 0 Å². The predicted molar refractivity (Wildman–Crippen MR) is 108 cm³/mol. The molecule has 0 fully saturated rings. The van der Waals surface area contributed by atoms with Gasteiger partial charge in [0.2, 0.25) is 5.91 Å². The molecule has 0 saturated heterocycles. The number of hydrogen-bond acceptors (Lipinski definition) is 3. The van der Waals surface area contributed by atoms with Gasteiger partial charge in [-0.3, -0.25) is 4.79 Å². The maximum Gasteiger partial charge on any atom is 0.228 e. The summed E-state index contributed by atoms with van der Waals surface area (Å²) in [6.07, 6.45) is 2.24. The Hall–Kier alpha value is -1.98. The maximum absolute atomic E-state index is 12.3. The Balaban J connectivity index is 0.00000127. The van der Waals surface area contributed by atoms with E-state index in [0.717, 1.165) is 28.2 Å². The number of hydrogen-bond donors (Lipinski definition) is 0. The first-order chi connectivity index (χ1) is 12.9. The topological polar surface area (TPSA) is 54.7 Å². The molecule has 1 amide bonds. The number of Topliss-reactive ketones (excluding diaryl/α,β-unsaturated/α-hetero) is 1. The van der Waals surface area contributed by atoms with Gasteiger partial charge in [0.15, 0.2) is 0 Å². The van der Waals surface area contributed by atoms with E-state index in [1.165, 1.54) is 0 Å². The van der Waals surface area contributed by atoms with Crippen molar-refractivity contribution >= 4 is 17.3 Å². The van der Waals surface area contributed by atoms with Crippen molar-refractivity contribution < 1.29 is 42.3 Å². The molecule has 3 rings (SSSR count). The van der Waals surface area contributed by atoms with Crippen LogP contribution in [0.25, 0.3) is 16.9 Å². The fraction of sp³-hybridized carbons (Fsp3) is 0.227. The van der Waals surface area contributed by atoms with Crippen LogP contribution in [0, 0.1) is 20.8 Å². The monoisotopic (exact) mass is 452 g/mol. The van der Waals surface area contributed by atoms with Gasteiger partial charge >= 0.3 is 0 Å². The van der Waals surface area contributed by atoms with Crippen molar-refractivity contribution in [1.29, 1.82) is 0 Å². The van der Waals surface area contributed by atoms with E-state index in [2.05, 4.69) is 13.8 Å². The van der Waals surface area contributed by atoms with Gasteiger partial charge < -0.3 is 21.0 Å². The van der Waals surface area contributed by atoms with Crippen molar-refractivity contribution in [2.45, 2.75) is 20.3 Å². The third-order valence-electron chi connectivity index (χ3n) is 4.16. The summed E-state index contributed by atoms with van der Waals surface area (Å²) < 4.78 is 1.96. The van der Waals surface area contributed by atoms with Gasteiger partial charge in [0.05, 0.1) is 17.8 Å². The quantitative estimate of drug-likeness (QED) is 0.447. The van der Waals surface area contributed by atoms with Crippen molar-refractivity contribution in [3.63, 3.8) is 0 Å². The first-order valence-corrected chi connectivity index (χ1v) is 8.72. The summed E-state index contributed by atoms with van der Waals surface area (Å²) in [6, 6.07) is 11.1. The molecular formula is C22H25N3O2Y-2. The second-order valence-corrected chi connectivity index (χ2v) is 6.31. The summed E-state index contributed by atoms with van der Waals surface area (Å²) >= 11 is 0. The molecule has 0 atom stereocenters. The standard InChI is InChI=1S/C20H20N3O2.C2H5.Y/c1-13-5-10-18-21-20(16-8-6-15(7-9-16)14(2)24)17(23(18)12-13)11-19(25)22(3)4;1-2;/h5-10,12H,2,11H2,1,3-4H3;1H2,2H3;/q2*-1;. The zero-order chi connectivity index (χ0) is 20.1. The molecule has 0 spiro atoms. The van der Waals surface area contributed by atoms with E-state index in [1.807, 2.05) is 41.8 Å². The number of likely N-dealkylation sites (N-methyl/N-ethyl adjacent to an activating group) is 1. The van der Waals surface area contributed by atoms with Gasteiger partial charge in [0, 0.05) is 58.8 Å². The molecule has 2 heterocycles. The number of benzene rings is 1. The van der Waals surface area contributed by atoms with Crippen LogP contribution in [-0.4, -0.2) is 40.1 Å².